The fourth-order valence-corrected chi connectivity index (χ4v) is 4.97. The minimum atomic E-state index is -0.580. The van der Waals surface area contributed by atoms with E-state index < -0.39 is 12.2 Å². The van der Waals surface area contributed by atoms with Crippen molar-refractivity contribution in [3.05, 3.63) is 0 Å². The first-order chi connectivity index (χ1) is 10.6. The first kappa shape index (κ1) is 16.0. The molecule has 0 unspecified atom stereocenters. The van der Waals surface area contributed by atoms with Gasteiger partial charge in [-0.15, -0.1) is 0 Å². The van der Waals surface area contributed by atoms with Crippen LogP contribution in [0.2, 0.25) is 0 Å². The maximum atomic E-state index is 12.1. The number of ketones is 1. The quantitative estimate of drug-likeness (QED) is 0.788. The molecule has 0 aliphatic heterocycles. The van der Waals surface area contributed by atoms with Gasteiger partial charge in [0.1, 0.15) is 11.9 Å². The van der Waals surface area contributed by atoms with E-state index in [4.69, 9.17) is 0 Å². The molecule has 3 fully saturated rings. The molecule has 122 valence electrons. The van der Waals surface area contributed by atoms with Gasteiger partial charge in [0.05, 0.1) is 12.0 Å². The van der Waals surface area contributed by atoms with Crippen molar-refractivity contribution in [2.75, 3.05) is 0 Å². The van der Waals surface area contributed by atoms with Crippen molar-refractivity contribution in [2.45, 2.75) is 76.9 Å². The Hall–Kier alpha value is -0.850. The molecule has 3 rings (SSSR count). The van der Waals surface area contributed by atoms with Gasteiger partial charge in [-0.25, -0.2) is 0 Å². The lowest BCUT2D eigenvalue weighted by Crippen LogP contribution is -2.58. The first-order valence-electron chi connectivity index (χ1n) is 8.97. The molecule has 0 radical (unpaired) electrons. The van der Waals surface area contributed by atoms with E-state index in [1.54, 1.807) is 0 Å². The molecule has 0 aromatic carbocycles. The second kappa shape index (κ2) is 6.34. The predicted molar refractivity (Wildman–Crippen MR) is 84.9 cm³/mol. The molecule has 3 nitrogen and oxygen atoms in total. The van der Waals surface area contributed by atoms with Crippen LogP contribution >= 0.6 is 0 Å². The maximum absolute atomic E-state index is 12.1. The molecule has 2 N–H and O–H groups in total. The van der Waals surface area contributed by atoms with Gasteiger partial charge in [-0.3, -0.25) is 4.79 Å². The van der Waals surface area contributed by atoms with Gasteiger partial charge in [-0.1, -0.05) is 44.4 Å². The second-order valence-electron chi connectivity index (χ2n) is 7.57. The number of carbonyl (C=O) groups is 1. The summed E-state index contributed by atoms with van der Waals surface area (Å²) in [7, 11) is 0. The Morgan fingerprint density at radius 1 is 1.32 bits per heavy atom. The Labute approximate surface area is 133 Å². The van der Waals surface area contributed by atoms with Crippen molar-refractivity contribution < 1.29 is 15.0 Å². The highest BCUT2D eigenvalue weighted by atomic mass is 16.3. The van der Waals surface area contributed by atoms with Gasteiger partial charge in [0, 0.05) is 11.8 Å². The number of aliphatic hydroxyl groups is 2. The van der Waals surface area contributed by atoms with Crippen molar-refractivity contribution in [1.29, 1.82) is 0 Å². The fraction of sp³-hybridized carbons (Fsp3) is 0.842. The lowest BCUT2D eigenvalue weighted by molar-refractivity contribution is -0.160. The third kappa shape index (κ3) is 2.72. The van der Waals surface area contributed by atoms with Crippen molar-refractivity contribution in [2.24, 2.45) is 23.2 Å². The van der Waals surface area contributed by atoms with E-state index in [2.05, 4.69) is 18.8 Å². The van der Waals surface area contributed by atoms with E-state index in [1.165, 1.54) is 25.7 Å². The van der Waals surface area contributed by atoms with Crippen LogP contribution in [0.15, 0.2) is 0 Å². The Kier molecular flexibility index (Phi) is 4.61. The Balaban J connectivity index is 1.65. The third-order valence-corrected chi connectivity index (χ3v) is 6.48. The number of Topliss-reactive ketones (excluding diaryl/α,β-unsaturated/α-hetero) is 1. The van der Waals surface area contributed by atoms with Crippen LogP contribution in [-0.4, -0.2) is 28.2 Å². The van der Waals surface area contributed by atoms with E-state index in [9.17, 15) is 15.0 Å². The average molecular weight is 304 g/mol. The van der Waals surface area contributed by atoms with Gasteiger partial charge >= 0.3 is 0 Å². The van der Waals surface area contributed by atoms with Crippen molar-refractivity contribution >= 4 is 5.78 Å². The summed E-state index contributed by atoms with van der Waals surface area (Å²) in [6, 6.07) is 0. The van der Waals surface area contributed by atoms with Crippen LogP contribution in [0.1, 0.15) is 64.7 Å². The normalized spacial score (nSPS) is 39.6. The topological polar surface area (TPSA) is 57.5 Å². The van der Waals surface area contributed by atoms with Gasteiger partial charge in [-0.05, 0) is 37.5 Å². The number of hydrogen-bond acceptors (Lipinski definition) is 3. The minimum absolute atomic E-state index is 0.135. The number of carbonyl (C=O) groups excluding carboxylic acids is 1. The largest absolute Gasteiger partial charge is 0.392 e. The molecule has 3 aliphatic rings. The van der Waals surface area contributed by atoms with Crippen LogP contribution in [0.4, 0.5) is 0 Å². The standard InChI is InChI=1S/C19H28O3/c1-2-19-10-9-17(21)15(16(19)12-18(19)22)8-7-14(20)11-13-5-3-4-6-13/h13-17,20-21H,2-6,9-12H2,1H3/t14-,15-,16-,17-,19+/m1/s1. The molecule has 5 atom stereocenters. The van der Waals surface area contributed by atoms with Crippen molar-refractivity contribution in [3.8, 4) is 11.8 Å². The number of rotatable bonds is 3. The van der Waals surface area contributed by atoms with Crippen LogP contribution in [0.3, 0.4) is 0 Å². The average Bonchev–Trinajstić information content (AvgIpc) is 2.99. The number of hydrogen-bond donors (Lipinski definition) is 2. The second-order valence-corrected chi connectivity index (χ2v) is 7.57. The van der Waals surface area contributed by atoms with Gasteiger partial charge in [-0.2, -0.15) is 0 Å². The molecule has 0 heterocycles. The molecule has 3 saturated carbocycles. The monoisotopic (exact) mass is 304 g/mol. The van der Waals surface area contributed by atoms with Gasteiger partial charge < -0.3 is 10.2 Å². The lowest BCUT2D eigenvalue weighted by atomic mass is 9.48. The van der Waals surface area contributed by atoms with Crippen LogP contribution in [0.25, 0.3) is 0 Å². The van der Waals surface area contributed by atoms with E-state index in [0.29, 0.717) is 24.5 Å². The van der Waals surface area contributed by atoms with E-state index in [1.807, 2.05) is 0 Å². The molecule has 0 saturated heterocycles. The summed E-state index contributed by atoms with van der Waals surface area (Å²) in [6.07, 6.45) is 7.58. The van der Waals surface area contributed by atoms with Crippen LogP contribution in [-0.2, 0) is 4.79 Å². The lowest BCUT2D eigenvalue weighted by Gasteiger charge is -2.54. The highest BCUT2D eigenvalue weighted by molar-refractivity contribution is 5.91. The Morgan fingerprint density at radius 3 is 2.68 bits per heavy atom. The summed E-state index contributed by atoms with van der Waals surface area (Å²) >= 11 is 0. The molecular formula is C19H28O3. The molecule has 0 bridgehead atoms. The van der Waals surface area contributed by atoms with E-state index >= 15 is 0 Å². The van der Waals surface area contributed by atoms with E-state index in [-0.39, 0.29) is 17.3 Å². The van der Waals surface area contributed by atoms with Crippen LogP contribution in [0.5, 0.6) is 0 Å². The zero-order chi connectivity index (χ0) is 15.7. The highest BCUT2D eigenvalue weighted by Gasteiger charge is 2.59. The molecule has 22 heavy (non-hydrogen) atoms. The molecule has 0 aromatic heterocycles. The summed E-state index contributed by atoms with van der Waals surface area (Å²) in [4.78, 5) is 12.1. The summed E-state index contributed by atoms with van der Waals surface area (Å²) in [5.74, 6) is 7.16. The number of aliphatic hydroxyl groups excluding tert-OH is 2. The van der Waals surface area contributed by atoms with Crippen LogP contribution in [0, 0.1) is 35.0 Å². The highest BCUT2D eigenvalue weighted by Crippen LogP contribution is 2.57. The van der Waals surface area contributed by atoms with Crippen molar-refractivity contribution in [1.82, 2.24) is 0 Å². The van der Waals surface area contributed by atoms with Crippen molar-refractivity contribution in [3.63, 3.8) is 0 Å². The SMILES string of the molecule is CC[C@]12CC[C@@H](O)[C@H](C#C[C@@H](O)CC3CCCC3)[C@H]1CC2=O. The van der Waals surface area contributed by atoms with Gasteiger partial charge in [0.15, 0.2) is 0 Å². The Bertz CT molecular complexity index is 483. The van der Waals surface area contributed by atoms with Crippen LogP contribution < -0.4 is 0 Å². The zero-order valence-electron chi connectivity index (χ0n) is 13.6. The minimum Gasteiger partial charge on any atom is -0.392 e. The summed E-state index contributed by atoms with van der Waals surface area (Å²) < 4.78 is 0. The van der Waals surface area contributed by atoms with E-state index in [0.717, 1.165) is 19.3 Å². The first-order valence-corrected chi connectivity index (χ1v) is 8.97. The van der Waals surface area contributed by atoms with Gasteiger partial charge in [0.2, 0.25) is 0 Å². The molecule has 3 heteroatoms. The molecule has 0 spiro atoms. The summed E-state index contributed by atoms with van der Waals surface area (Å²) in [6.45, 7) is 2.07. The zero-order valence-corrected chi connectivity index (χ0v) is 13.6. The Morgan fingerprint density at radius 2 is 2.05 bits per heavy atom. The maximum Gasteiger partial charge on any atom is 0.139 e. The molecule has 0 amide bonds. The molecule has 0 aromatic rings. The molecular weight excluding hydrogens is 276 g/mol. The predicted octanol–water partition coefficient (Wildman–Crippen LogP) is 2.69. The fourth-order valence-electron chi connectivity index (χ4n) is 4.97. The summed E-state index contributed by atoms with van der Waals surface area (Å²) in [5.41, 5.74) is -0.227. The smallest absolute Gasteiger partial charge is 0.139 e. The third-order valence-electron chi connectivity index (χ3n) is 6.48. The van der Waals surface area contributed by atoms with Gasteiger partial charge in [0.25, 0.3) is 0 Å². The molecule has 3 aliphatic carbocycles. The summed E-state index contributed by atoms with van der Waals surface area (Å²) in [5, 5.41) is 20.4. The number of fused-ring (bicyclic) bond motifs is 1.